The summed E-state index contributed by atoms with van der Waals surface area (Å²) in [5.41, 5.74) is 6.58. The first-order valence-electron chi connectivity index (χ1n) is 11.6. The van der Waals surface area contributed by atoms with Gasteiger partial charge < -0.3 is 5.11 Å². The van der Waals surface area contributed by atoms with Gasteiger partial charge in [-0.05, 0) is 71.7 Å². The number of aryl methyl sites for hydroxylation is 1. The number of hydrogen-bond acceptors (Lipinski definition) is 5. The summed E-state index contributed by atoms with van der Waals surface area (Å²) in [7, 11) is 0. The van der Waals surface area contributed by atoms with Crippen molar-refractivity contribution in [2.75, 3.05) is 6.26 Å². The van der Waals surface area contributed by atoms with Crippen molar-refractivity contribution >= 4 is 40.8 Å². The van der Waals surface area contributed by atoms with E-state index in [1.54, 1.807) is 36.0 Å². The summed E-state index contributed by atoms with van der Waals surface area (Å²) < 4.78 is 2.42. The third kappa shape index (κ3) is 3.85. The maximum absolute atomic E-state index is 13.8. The molecular weight excluding hydrogens is 488 g/mol. The third-order valence-corrected chi connectivity index (χ3v) is 8.49. The van der Waals surface area contributed by atoms with Gasteiger partial charge >= 0.3 is 5.97 Å². The first-order valence-corrected chi connectivity index (χ1v) is 13.7. The molecule has 1 N–H and O–H groups in total. The number of aromatic nitrogens is 1. The van der Waals surface area contributed by atoms with Crippen molar-refractivity contribution < 1.29 is 9.90 Å². The van der Waals surface area contributed by atoms with Crippen LogP contribution in [0.25, 0.3) is 11.8 Å². The molecule has 3 aromatic carbocycles. The molecule has 4 aromatic rings. The molecule has 36 heavy (non-hydrogen) atoms. The summed E-state index contributed by atoms with van der Waals surface area (Å²) in [6, 6.07) is 23.2. The number of thioether (sulfide) groups is 1. The topological polar surface area (TPSA) is 71.7 Å². The minimum absolute atomic E-state index is 0.0783. The molecule has 7 heteroatoms. The SMILES string of the molecule is CSc1ccc(C2C3=C(N=c4s/c(=C\c5ccc(C(=O)O)cc5)c(=O)n42)c2ccccc2CC3)cc1. The number of carboxylic acids is 1. The van der Waals surface area contributed by atoms with Gasteiger partial charge in [-0.15, -0.1) is 11.8 Å². The summed E-state index contributed by atoms with van der Waals surface area (Å²) in [6.45, 7) is 0. The van der Waals surface area contributed by atoms with Crippen molar-refractivity contribution in [3.8, 4) is 0 Å². The minimum atomic E-state index is -0.973. The van der Waals surface area contributed by atoms with Crippen molar-refractivity contribution in [2.45, 2.75) is 23.8 Å². The van der Waals surface area contributed by atoms with Gasteiger partial charge in [0.2, 0.25) is 0 Å². The van der Waals surface area contributed by atoms with Crippen LogP contribution in [0.15, 0.2) is 93.1 Å². The molecule has 2 aliphatic rings. The molecule has 1 aliphatic heterocycles. The fourth-order valence-electron chi connectivity index (χ4n) is 4.98. The number of nitrogens with zero attached hydrogens (tertiary/aromatic N) is 2. The van der Waals surface area contributed by atoms with Gasteiger partial charge in [-0.3, -0.25) is 9.36 Å². The number of allylic oxidation sites excluding steroid dienone is 1. The van der Waals surface area contributed by atoms with Gasteiger partial charge in [0.05, 0.1) is 21.8 Å². The Balaban J connectivity index is 1.56. The van der Waals surface area contributed by atoms with Gasteiger partial charge in [0.1, 0.15) is 0 Å². The zero-order chi connectivity index (χ0) is 24.8. The molecule has 0 saturated carbocycles. The van der Waals surface area contributed by atoms with Crippen LogP contribution in [-0.2, 0) is 6.42 Å². The van der Waals surface area contributed by atoms with Crippen molar-refractivity contribution in [3.05, 3.63) is 126 Å². The predicted octanol–water partition coefficient (Wildman–Crippen LogP) is 4.74. The lowest BCUT2D eigenvalue weighted by Crippen LogP contribution is -2.38. The number of rotatable bonds is 4. The fourth-order valence-corrected chi connectivity index (χ4v) is 6.39. The van der Waals surface area contributed by atoms with Crippen LogP contribution in [0.2, 0.25) is 0 Å². The van der Waals surface area contributed by atoms with E-state index in [2.05, 4.69) is 48.7 Å². The van der Waals surface area contributed by atoms with Gasteiger partial charge in [0.15, 0.2) is 4.80 Å². The van der Waals surface area contributed by atoms with Crippen LogP contribution in [0.5, 0.6) is 0 Å². The van der Waals surface area contributed by atoms with E-state index in [1.165, 1.54) is 27.4 Å². The number of fused-ring (bicyclic) bond motifs is 3. The van der Waals surface area contributed by atoms with E-state index in [0.29, 0.717) is 9.33 Å². The Morgan fingerprint density at radius 1 is 1.06 bits per heavy atom. The standard InChI is InChI=1S/C29H22N2O3S2/c1-35-21-13-10-19(11-14-21)26-23-15-12-18-4-2-3-5-22(18)25(23)30-29-31(26)27(32)24(36-29)16-17-6-8-20(9-7-17)28(33)34/h2-11,13-14,16,26H,12,15H2,1H3,(H,33,34)/b24-16-. The Morgan fingerprint density at radius 3 is 2.53 bits per heavy atom. The molecule has 5 nitrogen and oxygen atoms in total. The van der Waals surface area contributed by atoms with Crippen molar-refractivity contribution in [2.24, 2.45) is 4.99 Å². The van der Waals surface area contributed by atoms with E-state index < -0.39 is 5.97 Å². The molecule has 0 radical (unpaired) electrons. The highest BCUT2D eigenvalue weighted by Crippen LogP contribution is 2.41. The zero-order valence-electron chi connectivity index (χ0n) is 19.5. The van der Waals surface area contributed by atoms with E-state index in [4.69, 9.17) is 4.99 Å². The first kappa shape index (κ1) is 22.8. The van der Waals surface area contributed by atoms with Crippen LogP contribution in [0, 0.1) is 0 Å². The Morgan fingerprint density at radius 2 is 1.81 bits per heavy atom. The van der Waals surface area contributed by atoms with Crippen molar-refractivity contribution in [1.82, 2.24) is 4.57 Å². The smallest absolute Gasteiger partial charge is 0.335 e. The number of carbonyl (C=O) groups is 1. The molecule has 0 saturated heterocycles. The van der Waals surface area contributed by atoms with Crippen LogP contribution in [0.1, 0.15) is 45.1 Å². The van der Waals surface area contributed by atoms with E-state index in [9.17, 15) is 14.7 Å². The highest BCUT2D eigenvalue weighted by Gasteiger charge is 2.32. The van der Waals surface area contributed by atoms with Crippen LogP contribution >= 0.6 is 23.1 Å². The maximum Gasteiger partial charge on any atom is 0.335 e. The Kier molecular flexibility index (Phi) is 5.74. The van der Waals surface area contributed by atoms with Gasteiger partial charge in [-0.2, -0.15) is 0 Å². The first-order chi connectivity index (χ1) is 17.5. The van der Waals surface area contributed by atoms with Gasteiger partial charge in [0.25, 0.3) is 5.56 Å². The molecule has 1 unspecified atom stereocenters. The molecular formula is C29H22N2O3S2. The second kappa shape index (κ2) is 9.08. The minimum Gasteiger partial charge on any atom is -0.478 e. The monoisotopic (exact) mass is 510 g/mol. The Labute approximate surface area is 215 Å². The van der Waals surface area contributed by atoms with E-state index in [0.717, 1.165) is 35.2 Å². The largest absolute Gasteiger partial charge is 0.478 e. The third-order valence-electron chi connectivity index (χ3n) is 6.76. The van der Waals surface area contributed by atoms with Gasteiger partial charge in [-0.1, -0.05) is 59.9 Å². The second-order valence-corrected chi connectivity index (χ2v) is 10.7. The molecule has 1 aromatic heterocycles. The molecule has 0 spiro atoms. The molecule has 0 bridgehead atoms. The Bertz CT molecular complexity index is 1710. The molecule has 178 valence electrons. The summed E-state index contributed by atoms with van der Waals surface area (Å²) in [4.78, 5) is 31.9. The molecule has 1 atom stereocenters. The maximum atomic E-state index is 13.8. The zero-order valence-corrected chi connectivity index (χ0v) is 21.1. The average Bonchev–Trinajstić information content (AvgIpc) is 3.22. The fraction of sp³-hybridized carbons (Fsp3) is 0.138. The normalized spacial score (nSPS) is 16.7. The molecule has 6 rings (SSSR count). The number of thiazole rings is 1. The molecule has 0 amide bonds. The summed E-state index contributed by atoms with van der Waals surface area (Å²) in [6.07, 6.45) is 5.65. The summed E-state index contributed by atoms with van der Waals surface area (Å²) in [5, 5.41) is 9.18. The van der Waals surface area contributed by atoms with Crippen LogP contribution < -0.4 is 14.9 Å². The highest BCUT2D eigenvalue weighted by molar-refractivity contribution is 7.98. The molecule has 1 aliphatic carbocycles. The van der Waals surface area contributed by atoms with E-state index in [1.807, 2.05) is 16.7 Å². The predicted molar refractivity (Wildman–Crippen MR) is 144 cm³/mol. The molecule has 0 fully saturated rings. The number of hydrogen-bond donors (Lipinski definition) is 1. The second-order valence-electron chi connectivity index (χ2n) is 8.81. The highest BCUT2D eigenvalue weighted by atomic mass is 32.2. The van der Waals surface area contributed by atoms with Crippen molar-refractivity contribution in [3.63, 3.8) is 0 Å². The van der Waals surface area contributed by atoms with Crippen LogP contribution in [-0.4, -0.2) is 21.9 Å². The average molecular weight is 511 g/mol. The number of aromatic carboxylic acids is 1. The Hall–Kier alpha value is -3.68. The van der Waals surface area contributed by atoms with E-state index >= 15 is 0 Å². The van der Waals surface area contributed by atoms with Crippen molar-refractivity contribution in [1.29, 1.82) is 0 Å². The lowest BCUT2D eigenvalue weighted by atomic mass is 9.83. The quantitative estimate of drug-likeness (QED) is 0.403. The van der Waals surface area contributed by atoms with Crippen LogP contribution in [0.4, 0.5) is 0 Å². The summed E-state index contributed by atoms with van der Waals surface area (Å²) >= 11 is 3.07. The molecule has 2 heterocycles. The number of carboxylic acid groups (broad SMARTS) is 1. The lowest BCUT2D eigenvalue weighted by Gasteiger charge is -2.30. The lowest BCUT2D eigenvalue weighted by molar-refractivity contribution is 0.0697. The number of benzene rings is 3. The summed E-state index contributed by atoms with van der Waals surface area (Å²) in [5.74, 6) is -0.973. The van der Waals surface area contributed by atoms with Crippen LogP contribution in [0.3, 0.4) is 0 Å². The van der Waals surface area contributed by atoms with E-state index in [-0.39, 0.29) is 17.2 Å². The van der Waals surface area contributed by atoms with Gasteiger partial charge in [0, 0.05) is 10.5 Å². The van der Waals surface area contributed by atoms with Gasteiger partial charge in [-0.25, -0.2) is 9.79 Å².